The number of hydrogen-bond donors (Lipinski definition) is 1. The third-order valence-electron chi connectivity index (χ3n) is 5.84. The van der Waals surface area contributed by atoms with Crippen molar-refractivity contribution in [3.63, 3.8) is 0 Å². The van der Waals surface area contributed by atoms with Crippen molar-refractivity contribution >= 4 is 5.91 Å². The quantitative estimate of drug-likeness (QED) is 0.816. The van der Waals surface area contributed by atoms with Crippen molar-refractivity contribution in [3.8, 4) is 5.75 Å². The molecule has 150 valence electrons. The Kier molecular flexibility index (Phi) is 7.50. The average molecular weight is 375 g/mol. The van der Waals surface area contributed by atoms with Crippen LogP contribution >= 0.6 is 0 Å². The molecule has 1 atom stereocenters. The van der Waals surface area contributed by atoms with Gasteiger partial charge in [0.1, 0.15) is 5.75 Å². The summed E-state index contributed by atoms with van der Waals surface area (Å²) < 4.78 is 5.22. The summed E-state index contributed by atoms with van der Waals surface area (Å²) in [4.78, 5) is 19.4. The van der Waals surface area contributed by atoms with Crippen LogP contribution in [0.1, 0.15) is 24.8 Å². The lowest BCUT2D eigenvalue weighted by molar-refractivity contribution is -0.134. The van der Waals surface area contributed by atoms with Gasteiger partial charge in [-0.2, -0.15) is 0 Å². The Bertz CT molecular complexity index is 576. The molecule has 1 unspecified atom stereocenters. The molecule has 6 nitrogen and oxygen atoms in total. The number of likely N-dealkylation sites (N-methyl/N-ethyl adjacent to an activating group) is 1. The predicted octanol–water partition coefficient (Wildman–Crippen LogP) is 1.41. The molecule has 1 N–H and O–H groups in total. The topological polar surface area (TPSA) is 48.1 Å². The van der Waals surface area contributed by atoms with Crippen LogP contribution in [0.2, 0.25) is 0 Å². The highest BCUT2D eigenvalue weighted by Gasteiger charge is 2.24. The van der Waals surface area contributed by atoms with Crippen LogP contribution in [0.25, 0.3) is 0 Å². The summed E-state index contributed by atoms with van der Waals surface area (Å²) in [6.07, 6.45) is 3.53. The molecule has 2 saturated heterocycles. The van der Waals surface area contributed by atoms with Crippen molar-refractivity contribution < 1.29 is 9.53 Å². The fourth-order valence-electron chi connectivity index (χ4n) is 4.03. The molecule has 2 fully saturated rings. The minimum Gasteiger partial charge on any atom is -0.497 e. The molecule has 1 amide bonds. The van der Waals surface area contributed by atoms with Crippen molar-refractivity contribution in [2.24, 2.45) is 0 Å². The molecule has 2 aliphatic heterocycles. The van der Waals surface area contributed by atoms with Gasteiger partial charge in [0.2, 0.25) is 5.91 Å². The van der Waals surface area contributed by atoms with Crippen molar-refractivity contribution in [2.75, 3.05) is 60.0 Å². The zero-order valence-electron chi connectivity index (χ0n) is 16.8. The number of ether oxygens (including phenoxy) is 1. The van der Waals surface area contributed by atoms with Crippen LogP contribution in [0, 0.1) is 0 Å². The van der Waals surface area contributed by atoms with E-state index in [2.05, 4.69) is 34.3 Å². The first-order chi connectivity index (χ1) is 13.2. The lowest BCUT2D eigenvalue weighted by atomic mass is 10.1. The average Bonchev–Trinajstić information content (AvgIpc) is 2.99. The fraction of sp³-hybridized carbons (Fsp3) is 0.667. The van der Waals surface area contributed by atoms with Crippen LogP contribution < -0.4 is 10.1 Å². The van der Waals surface area contributed by atoms with E-state index in [0.29, 0.717) is 12.6 Å². The molecule has 0 aliphatic carbocycles. The Labute approximate surface area is 163 Å². The van der Waals surface area contributed by atoms with Gasteiger partial charge in [0.05, 0.1) is 13.7 Å². The van der Waals surface area contributed by atoms with Gasteiger partial charge in [0.25, 0.3) is 0 Å². The monoisotopic (exact) mass is 374 g/mol. The number of benzene rings is 1. The van der Waals surface area contributed by atoms with Crippen LogP contribution in [0.15, 0.2) is 24.3 Å². The molecular formula is C21H34N4O2. The summed E-state index contributed by atoms with van der Waals surface area (Å²) in [7, 11) is 3.79. The van der Waals surface area contributed by atoms with Gasteiger partial charge in [-0.3, -0.25) is 14.6 Å². The molecule has 2 heterocycles. The number of hydrogen-bond acceptors (Lipinski definition) is 5. The molecule has 0 saturated carbocycles. The fourth-order valence-corrected chi connectivity index (χ4v) is 4.03. The summed E-state index contributed by atoms with van der Waals surface area (Å²) in [6.45, 7) is 7.18. The van der Waals surface area contributed by atoms with Gasteiger partial charge in [-0.15, -0.1) is 0 Å². The SMILES string of the molecule is COc1ccc(CN2CCN(C(=O)CN(C)C3CCCNCC3)CC2)cc1. The minimum absolute atomic E-state index is 0.277. The highest BCUT2D eigenvalue weighted by molar-refractivity contribution is 5.78. The van der Waals surface area contributed by atoms with E-state index in [1.807, 2.05) is 17.0 Å². The number of nitrogens with one attached hydrogen (secondary N) is 1. The summed E-state index contributed by atoms with van der Waals surface area (Å²) in [5.41, 5.74) is 1.29. The van der Waals surface area contributed by atoms with Gasteiger partial charge in [-0.25, -0.2) is 0 Å². The maximum Gasteiger partial charge on any atom is 0.236 e. The molecule has 0 aromatic heterocycles. The van der Waals surface area contributed by atoms with Gasteiger partial charge >= 0.3 is 0 Å². The molecule has 2 aliphatic rings. The van der Waals surface area contributed by atoms with E-state index in [9.17, 15) is 4.79 Å². The van der Waals surface area contributed by atoms with E-state index in [1.165, 1.54) is 18.4 Å². The Hall–Kier alpha value is -1.63. The first-order valence-electron chi connectivity index (χ1n) is 10.2. The molecule has 1 aromatic carbocycles. The van der Waals surface area contributed by atoms with Crippen LogP contribution in [0.3, 0.4) is 0 Å². The van der Waals surface area contributed by atoms with Gasteiger partial charge in [-0.1, -0.05) is 12.1 Å². The van der Waals surface area contributed by atoms with Gasteiger partial charge in [-0.05, 0) is 57.1 Å². The molecule has 27 heavy (non-hydrogen) atoms. The van der Waals surface area contributed by atoms with Crippen molar-refractivity contribution in [1.82, 2.24) is 20.0 Å². The van der Waals surface area contributed by atoms with E-state index in [-0.39, 0.29) is 5.91 Å². The normalized spacial score (nSPS) is 21.9. The molecule has 0 bridgehead atoms. The van der Waals surface area contributed by atoms with Crippen LogP contribution in [0.5, 0.6) is 5.75 Å². The first kappa shape index (κ1) is 20.1. The Balaban J connectivity index is 1.41. The van der Waals surface area contributed by atoms with Crippen molar-refractivity contribution in [2.45, 2.75) is 31.8 Å². The molecule has 0 radical (unpaired) electrons. The lowest BCUT2D eigenvalue weighted by Gasteiger charge is -2.36. The molecule has 0 spiro atoms. The Morgan fingerprint density at radius 3 is 2.59 bits per heavy atom. The summed E-state index contributed by atoms with van der Waals surface area (Å²) in [5, 5.41) is 3.45. The molecular weight excluding hydrogens is 340 g/mol. The minimum atomic E-state index is 0.277. The van der Waals surface area contributed by atoms with Gasteiger partial charge in [0, 0.05) is 38.8 Å². The Morgan fingerprint density at radius 2 is 1.89 bits per heavy atom. The highest BCUT2D eigenvalue weighted by Crippen LogP contribution is 2.15. The number of amides is 1. The second-order valence-electron chi connectivity index (χ2n) is 7.75. The van der Waals surface area contributed by atoms with Gasteiger partial charge < -0.3 is 15.0 Å². The number of carbonyl (C=O) groups is 1. The maximum absolute atomic E-state index is 12.7. The first-order valence-corrected chi connectivity index (χ1v) is 10.2. The van der Waals surface area contributed by atoms with E-state index in [0.717, 1.165) is 58.0 Å². The molecule has 3 rings (SSSR count). The second kappa shape index (κ2) is 10.1. The third kappa shape index (κ3) is 5.92. The van der Waals surface area contributed by atoms with E-state index < -0.39 is 0 Å². The summed E-state index contributed by atoms with van der Waals surface area (Å²) >= 11 is 0. The Morgan fingerprint density at radius 1 is 1.15 bits per heavy atom. The van der Waals surface area contributed by atoms with Crippen LogP contribution in [0.4, 0.5) is 0 Å². The van der Waals surface area contributed by atoms with E-state index in [1.54, 1.807) is 7.11 Å². The number of nitrogens with zero attached hydrogens (tertiary/aromatic N) is 3. The van der Waals surface area contributed by atoms with E-state index >= 15 is 0 Å². The standard InChI is InChI=1S/C21H34N4O2/c1-23(19-4-3-10-22-11-9-19)17-21(26)25-14-12-24(13-15-25)16-18-5-7-20(27-2)8-6-18/h5-8,19,22H,3-4,9-17H2,1-2H3. The van der Waals surface area contributed by atoms with Crippen molar-refractivity contribution in [1.29, 1.82) is 0 Å². The largest absolute Gasteiger partial charge is 0.497 e. The number of rotatable bonds is 6. The molecule has 1 aromatic rings. The number of piperazine rings is 1. The zero-order valence-corrected chi connectivity index (χ0v) is 16.8. The predicted molar refractivity (Wildman–Crippen MR) is 108 cm³/mol. The second-order valence-corrected chi connectivity index (χ2v) is 7.75. The van der Waals surface area contributed by atoms with E-state index in [4.69, 9.17) is 4.74 Å². The van der Waals surface area contributed by atoms with Gasteiger partial charge in [0.15, 0.2) is 0 Å². The molecule has 6 heteroatoms. The zero-order chi connectivity index (χ0) is 19.1. The summed E-state index contributed by atoms with van der Waals surface area (Å²) in [6, 6.07) is 8.78. The highest BCUT2D eigenvalue weighted by atomic mass is 16.5. The number of carbonyl (C=O) groups excluding carboxylic acids is 1. The van der Waals surface area contributed by atoms with Crippen molar-refractivity contribution in [3.05, 3.63) is 29.8 Å². The summed E-state index contributed by atoms with van der Waals surface area (Å²) in [5.74, 6) is 1.17. The maximum atomic E-state index is 12.7. The lowest BCUT2D eigenvalue weighted by Crippen LogP contribution is -2.51. The van der Waals surface area contributed by atoms with Crippen LogP contribution in [-0.4, -0.2) is 86.6 Å². The smallest absolute Gasteiger partial charge is 0.236 e. The van der Waals surface area contributed by atoms with Crippen LogP contribution in [-0.2, 0) is 11.3 Å². The number of methoxy groups -OCH3 is 1. The third-order valence-corrected chi connectivity index (χ3v) is 5.84.